The average molecular weight is 411 g/mol. The van der Waals surface area contributed by atoms with Crippen molar-refractivity contribution in [3.63, 3.8) is 0 Å². The van der Waals surface area contributed by atoms with E-state index >= 15 is 0 Å². The Labute approximate surface area is 142 Å². The Morgan fingerprint density at radius 2 is 2.10 bits per heavy atom. The summed E-state index contributed by atoms with van der Waals surface area (Å²) in [6.07, 6.45) is 0. The van der Waals surface area contributed by atoms with Gasteiger partial charge in [0.05, 0.1) is 13.2 Å². The van der Waals surface area contributed by atoms with Crippen LogP contribution >= 0.6 is 24.0 Å². The first-order valence-corrected chi connectivity index (χ1v) is 6.56. The van der Waals surface area contributed by atoms with E-state index in [4.69, 9.17) is 9.47 Å². The molecule has 0 radical (unpaired) electrons. The van der Waals surface area contributed by atoms with Crippen LogP contribution in [0.5, 0.6) is 5.75 Å². The van der Waals surface area contributed by atoms with Crippen molar-refractivity contribution < 1.29 is 13.9 Å². The zero-order chi connectivity index (χ0) is 14.8. The molecule has 1 aromatic carbocycles. The molecular formula is C14H23FIN3O2. The first kappa shape index (κ1) is 19.9. The molecule has 0 saturated heterocycles. The van der Waals surface area contributed by atoms with Gasteiger partial charge in [-0.1, -0.05) is 6.07 Å². The van der Waals surface area contributed by atoms with Crippen molar-refractivity contribution in [1.29, 1.82) is 0 Å². The van der Waals surface area contributed by atoms with E-state index in [9.17, 15) is 4.39 Å². The maximum absolute atomic E-state index is 13.7. The molecule has 1 rings (SSSR count). The maximum atomic E-state index is 13.7. The number of benzene rings is 1. The summed E-state index contributed by atoms with van der Waals surface area (Å²) in [4.78, 5) is 4.06. The molecule has 0 bridgehead atoms. The number of ether oxygens (including phenoxy) is 2. The first-order chi connectivity index (χ1) is 9.71. The molecule has 21 heavy (non-hydrogen) atoms. The second-order valence-corrected chi connectivity index (χ2v) is 4.04. The van der Waals surface area contributed by atoms with Crippen LogP contribution in [0, 0.1) is 5.82 Å². The summed E-state index contributed by atoms with van der Waals surface area (Å²) < 4.78 is 23.8. The quantitative estimate of drug-likeness (QED) is 0.313. The summed E-state index contributed by atoms with van der Waals surface area (Å²) in [5.74, 6) is 0.573. The number of hydrogen-bond donors (Lipinski definition) is 2. The lowest BCUT2D eigenvalue weighted by Gasteiger charge is -2.12. The predicted octanol–water partition coefficient (Wildman–Crippen LogP) is 2.15. The zero-order valence-corrected chi connectivity index (χ0v) is 14.9. The number of methoxy groups -OCH3 is 1. The minimum absolute atomic E-state index is 0. The van der Waals surface area contributed by atoms with Gasteiger partial charge in [-0.25, -0.2) is 4.39 Å². The van der Waals surface area contributed by atoms with Gasteiger partial charge in [-0.3, -0.25) is 4.99 Å². The summed E-state index contributed by atoms with van der Waals surface area (Å²) in [5.41, 5.74) is 0.820. The molecule has 0 aromatic heterocycles. The molecule has 0 aliphatic heterocycles. The summed E-state index contributed by atoms with van der Waals surface area (Å²) >= 11 is 0. The van der Waals surface area contributed by atoms with Crippen LogP contribution in [0.15, 0.2) is 23.2 Å². The van der Waals surface area contributed by atoms with Crippen LogP contribution in [0.25, 0.3) is 0 Å². The molecule has 0 fully saturated rings. The Bertz CT molecular complexity index is 444. The van der Waals surface area contributed by atoms with Gasteiger partial charge >= 0.3 is 0 Å². The third-order valence-electron chi connectivity index (χ3n) is 2.58. The maximum Gasteiger partial charge on any atom is 0.191 e. The highest BCUT2D eigenvalue weighted by Gasteiger charge is 2.04. The molecule has 0 aliphatic carbocycles. The Hall–Kier alpha value is -1.09. The molecule has 0 amide bonds. The Morgan fingerprint density at radius 3 is 2.67 bits per heavy atom. The fourth-order valence-corrected chi connectivity index (χ4v) is 1.60. The van der Waals surface area contributed by atoms with E-state index in [0.29, 0.717) is 32.3 Å². The molecule has 2 N–H and O–H groups in total. The highest BCUT2D eigenvalue weighted by atomic mass is 127. The smallest absolute Gasteiger partial charge is 0.191 e. The summed E-state index contributed by atoms with van der Waals surface area (Å²) in [7, 11) is 3.32. The van der Waals surface area contributed by atoms with E-state index in [1.165, 1.54) is 6.07 Å². The van der Waals surface area contributed by atoms with Crippen molar-refractivity contribution in [2.45, 2.75) is 13.5 Å². The number of nitrogens with zero attached hydrogens (tertiary/aromatic N) is 1. The minimum atomic E-state index is -0.353. The van der Waals surface area contributed by atoms with Crippen LogP contribution in [0.3, 0.4) is 0 Å². The molecule has 0 saturated carbocycles. The second kappa shape index (κ2) is 11.6. The van der Waals surface area contributed by atoms with E-state index in [-0.39, 0.29) is 35.5 Å². The highest BCUT2D eigenvalue weighted by Crippen LogP contribution is 2.18. The van der Waals surface area contributed by atoms with E-state index in [2.05, 4.69) is 15.6 Å². The SMILES string of the molecule is CCOc1ccc(CNC(=NC)NCCOC)cc1F.I. The summed E-state index contributed by atoms with van der Waals surface area (Å²) in [5, 5.41) is 6.18. The van der Waals surface area contributed by atoms with Crippen LogP contribution in [0.2, 0.25) is 0 Å². The standard InChI is InChI=1S/C14H22FN3O2.HI/c1-4-20-13-6-5-11(9-12(13)15)10-18-14(16-2)17-7-8-19-3;/h5-6,9H,4,7-8,10H2,1-3H3,(H2,16,17,18);1H. The summed E-state index contributed by atoms with van der Waals surface area (Å²) in [6.45, 7) is 4.01. The number of hydrogen-bond acceptors (Lipinski definition) is 3. The molecule has 7 heteroatoms. The van der Waals surface area contributed by atoms with E-state index in [1.807, 2.05) is 13.0 Å². The van der Waals surface area contributed by atoms with Crippen LogP contribution < -0.4 is 15.4 Å². The van der Waals surface area contributed by atoms with E-state index < -0.39 is 0 Å². The third-order valence-corrected chi connectivity index (χ3v) is 2.58. The molecule has 0 aliphatic rings. The molecule has 5 nitrogen and oxygen atoms in total. The lowest BCUT2D eigenvalue weighted by molar-refractivity contribution is 0.203. The first-order valence-electron chi connectivity index (χ1n) is 6.56. The molecule has 0 spiro atoms. The fourth-order valence-electron chi connectivity index (χ4n) is 1.60. The third kappa shape index (κ3) is 7.47. The zero-order valence-electron chi connectivity index (χ0n) is 12.6. The van der Waals surface area contributed by atoms with Gasteiger partial charge < -0.3 is 20.1 Å². The topological polar surface area (TPSA) is 54.9 Å². The Kier molecular flexibility index (Phi) is 11.0. The highest BCUT2D eigenvalue weighted by molar-refractivity contribution is 14.0. The normalized spacial score (nSPS) is 10.8. The number of nitrogens with one attached hydrogen (secondary N) is 2. The number of rotatable bonds is 7. The van der Waals surface area contributed by atoms with Crippen LogP contribution in [0.4, 0.5) is 4.39 Å². The minimum Gasteiger partial charge on any atom is -0.491 e. The van der Waals surface area contributed by atoms with Gasteiger partial charge in [-0.05, 0) is 24.6 Å². The number of guanidine groups is 1. The van der Waals surface area contributed by atoms with Crippen LogP contribution in [-0.4, -0.2) is 39.9 Å². The Balaban J connectivity index is 0.00000400. The van der Waals surface area contributed by atoms with Crippen LogP contribution in [-0.2, 0) is 11.3 Å². The molecule has 0 unspecified atom stereocenters. The van der Waals surface area contributed by atoms with E-state index in [1.54, 1.807) is 20.2 Å². The van der Waals surface area contributed by atoms with E-state index in [0.717, 1.165) is 5.56 Å². The van der Waals surface area contributed by atoms with Crippen molar-refractivity contribution in [2.75, 3.05) is 33.9 Å². The van der Waals surface area contributed by atoms with Crippen molar-refractivity contribution >= 4 is 29.9 Å². The summed E-state index contributed by atoms with van der Waals surface area (Å²) in [6, 6.07) is 4.92. The van der Waals surface area contributed by atoms with Crippen molar-refractivity contribution in [1.82, 2.24) is 10.6 Å². The number of aliphatic imine (C=N–C) groups is 1. The van der Waals surface area contributed by atoms with Gasteiger partial charge in [0.2, 0.25) is 0 Å². The number of halogens is 2. The van der Waals surface area contributed by atoms with Crippen molar-refractivity contribution in [3.8, 4) is 5.75 Å². The monoisotopic (exact) mass is 411 g/mol. The molecule has 120 valence electrons. The molecule has 0 atom stereocenters. The lowest BCUT2D eigenvalue weighted by Crippen LogP contribution is -2.38. The Morgan fingerprint density at radius 1 is 1.33 bits per heavy atom. The van der Waals surface area contributed by atoms with Gasteiger partial charge in [0.15, 0.2) is 17.5 Å². The van der Waals surface area contributed by atoms with Gasteiger partial charge in [0.25, 0.3) is 0 Å². The average Bonchev–Trinajstić information content (AvgIpc) is 2.45. The van der Waals surface area contributed by atoms with Gasteiger partial charge in [-0.2, -0.15) is 0 Å². The largest absolute Gasteiger partial charge is 0.491 e. The van der Waals surface area contributed by atoms with Gasteiger partial charge in [0.1, 0.15) is 0 Å². The lowest BCUT2D eigenvalue weighted by atomic mass is 10.2. The second-order valence-electron chi connectivity index (χ2n) is 4.04. The van der Waals surface area contributed by atoms with Gasteiger partial charge in [-0.15, -0.1) is 24.0 Å². The molecule has 0 heterocycles. The fraction of sp³-hybridized carbons (Fsp3) is 0.500. The van der Waals surface area contributed by atoms with Crippen molar-refractivity contribution in [3.05, 3.63) is 29.6 Å². The van der Waals surface area contributed by atoms with Crippen LogP contribution in [0.1, 0.15) is 12.5 Å². The van der Waals surface area contributed by atoms with Crippen molar-refractivity contribution in [2.24, 2.45) is 4.99 Å². The molecule has 1 aromatic rings. The predicted molar refractivity (Wildman–Crippen MR) is 93.1 cm³/mol. The molecular weight excluding hydrogens is 388 g/mol. The van der Waals surface area contributed by atoms with Gasteiger partial charge in [0, 0.05) is 27.2 Å².